The molecular weight excluding hydrogens is 502 g/mol. The van der Waals surface area contributed by atoms with Crippen LogP contribution in [0, 0.1) is 0 Å². The number of imidazole rings is 1. The summed E-state index contributed by atoms with van der Waals surface area (Å²) in [7, 11) is -2.00. The fraction of sp³-hybridized carbons (Fsp3) is 0.0769. The highest BCUT2D eigenvalue weighted by molar-refractivity contribution is 7.88. The van der Waals surface area contributed by atoms with Crippen molar-refractivity contribution < 1.29 is 8.42 Å². The molecule has 6 aromatic rings. The van der Waals surface area contributed by atoms with E-state index < -0.39 is 10.0 Å². The maximum Gasteiger partial charge on any atom is 0.241 e. The van der Waals surface area contributed by atoms with Crippen LogP contribution in [-0.2, 0) is 15.8 Å². The number of nitrogens with zero attached hydrogens (tertiary/aromatic N) is 5. The molecule has 3 aromatic heterocycles. The number of aromatic nitrogens is 6. The molecule has 3 aromatic carbocycles. The highest BCUT2D eigenvalue weighted by Crippen LogP contribution is 2.27. The summed E-state index contributed by atoms with van der Waals surface area (Å²) < 4.78 is 28.1. The third-order valence-corrected chi connectivity index (χ3v) is 7.32. The molecule has 0 radical (unpaired) electrons. The maximum absolute atomic E-state index is 12.0. The second-order valence-corrected chi connectivity index (χ2v) is 10.5. The van der Waals surface area contributed by atoms with Gasteiger partial charge in [0, 0.05) is 28.5 Å². The lowest BCUT2D eigenvalue weighted by molar-refractivity contribution is 0.587. The normalized spacial score (nSPS) is 11.7. The fourth-order valence-electron chi connectivity index (χ4n) is 4.19. The van der Waals surface area contributed by atoms with E-state index >= 15 is 0 Å². The molecule has 0 aliphatic carbocycles. The standard InChI is InChI=1S/C26H23N9O2S/c1-27-38(36,37)15-17-5-4-6-19(13-17)31-24-29-16-30-25(34-24)35-23-8-3-2-7-22(23)33-26(35)32-20-9-10-21-18(14-20)11-12-28-21/h2-14,16,27-28H,15H2,1H3,(H,32,33)(H,29,30,31,34). The molecule has 0 amide bonds. The molecule has 0 bridgehead atoms. The summed E-state index contributed by atoms with van der Waals surface area (Å²) in [6.07, 6.45) is 3.32. The maximum atomic E-state index is 12.0. The second kappa shape index (κ2) is 9.57. The van der Waals surface area contributed by atoms with Crippen LogP contribution in [-0.4, -0.2) is 45.0 Å². The van der Waals surface area contributed by atoms with Crippen LogP contribution in [0.25, 0.3) is 27.9 Å². The molecule has 0 spiro atoms. The number of nitrogens with one attached hydrogen (secondary N) is 4. The molecule has 190 valence electrons. The van der Waals surface area contributed by atoms with E-state index in [1.165, 1.54) is 13.4 Å². The molecule has 0 aliphatic heterocycles. The molecular formula is C26H23N9O2S. The molecule has 4 N–H and O–H groups in total. The summed E-state index contributed by atoms with van der Waals surface area (Å²) in [4.78, 5) is 21.3. The van der Waals surface area contributed by atoms with E-state index in [0.29, 0.717) is 29.1 Å². The van der Waals surface area contributed by atoms with Crippen LogP contribution in [0.3, 0.4) is 0 Å². The third kappa shape index (κ3) is 4.77. The Morgan fingerprint density at radius 2 is 1.76 bits per heavy atom. The zero-order chi connectivity index (χ0) is 26.1. The number of aromatic amines is 1. The molecule has 0 saturated carbocycles. The first-order valence-electron chi connectivity index (χ1n) is 11.8. The summed E-state index contributed by atoms with van der Waals surface area (Å²) in [5, 5.41) is 7.63. The van der Waals surface area contributed by atoms with Gasteiger partial charge in [0.15, 0.2) is 0 Å². The largest absolute Gasteiger partial charge is 0.361 e. The zero-order valence-electron chi connectivity index (χ0n) is 20.3. The third-order valence-electron chi connectivity index (χ3n) is 5.98. The van der Waals surface area contributed by atoms with Gasteiger partial charge in [0.1, 0.15) is 6.33 Å². The minimum Gasteiger partial charge on any atom is -0.361 e. The predicted octanol–water partition coefficient (Wildman–Crippen LogP) is 4.23. The van der Waals surface area contributed by atoms with E-state index in [0.717, 1.165) is 27.6 Å². The smallest absolute Gasteiger partial charge is 0.241 e. The van der Waals surface area contributed by atoms with E-state index in [4.69, 9.17) is 4.98 Å². The Bertz CT molecular complexity index is 1880. The molecule has 0 saturated heterocycles. The first-order valence-corrected chi connectivity index (χ1v) is 13.4. The van der Waals surface area contributed by atoms with Gasteiger partial charge in [-0.2, -0.15) is 4.98 Å². The van der Waals surface area contributed by atoms with Crippen molar-refractivity contribution in [1.29, 1.82) is 0 Å². The monoisotopic (exact) mass is 525 g/mol. The number of anilines is 4. The first-order chi connectivity index (χ1) is 18.5. The Labute approximate surface area is 218 Å². The van der Waals surface area contributed by atoms with E-state index in [1.807, 2.05) is 65.4 Å². The predicted molar refractivity (Wildman–Crippen MR) is 147 cm³/mol. The SMILES string of the molecule is CNS(=O)(=O)Cc1cccc(Nc2ncnc(-n3c(Nc4ccc5[nH]ccc5c4)nc4ccccc43)n2)c1. The van der Waals surface area contributed by atoms with Crippen molar-refractivity contribution >= 4 is 55.2 Å². The van der Waals surface area contributed by atoms with Gasteiger partial charge in [-0.3, -0.25) is 0 Å². The van der Waals surface area contributed by atoms with E-state index in [9.17, 15) is 8.42 Å². The van der Waals surface area contributed by atoms with E-state index in [1.54, 1.807) is 18.2 Å². The molecule has 0 fully saturated rings. The Morgan fingerprint density at radius 3 is 2.66 bits per heavy atom. The minimum atomic E-state index is -3.40. The molecule has 38 heavy (non-hydrogen) atoms. The Balaban J connectivity index is 1.35. The van der Waals surface area contributed by atoms with Gasteiger partial charge in [-0.05, 0) is 61.1 Å². The number of rotatable bonds is 8. The van der Waals surface area contributed by atoms with Gasteiger partial charge < -0.3 is 15.6 Å². The van der Waals surface area contributed by atoms with Crippen molar-refractivity contribution in [2.45, 2.75) is 5.75 Å². The van der Waals surface area contributed by atoms with Gasteiger partial charge in [0.25, 0.3) is 0 Å². The van der Waals surface area contributed by atoms with Crippen LogP contribution in [0.1, 0.15) is 5.56 Å². The molecule has 0 aliphatic rings. The number of sulfonamides is 1. The summed E-state index contributed by atoms with van der Waals surface area (Å²) in [5.41, 5.74) is 4.81. The lowest BCUT2D eigenvalue weighted by Crippen LogP contribution is -2.20. The number of para-hydroxylation sites is 2. The minimum absolute atomic E-state index is 0.133. The zero-order valence-corrected chi connectivity index (χ0v) is 21.1. The molecule has 0 unspecified atom stereocenters. The van der Waals surface area contributed by atoms with Crippen molar-refractivity contribution in [2.24, 2.45) is 0 Å². The quantitative estimate of drug-likeness (QED) is 0.231. The van der Waals surface area contributed by atoms with Crippen LogP contribution in [0.15, 0.2) is 85.3 Å². The fourth-order valence-corrected chi connectivity index (χ4v) is 4.95. The summed E-state index contributed by atoms with van der Waals surface area (Å²) in [5.74, 6) is 1.10. The number of fused-ring (bicyclic) bond motifs is 2. The van der Waals surface area contributed by atoms with Crippen molar-refractivity contribution in [1.82, 2.24) is 34.2 Å². The van der Waals surface area contributed by atoms with Crippen molar-refractivity contribution in [3.8, 4) is 5.95 Å². The van der Waals surface area contributed by atoms with Crippen LogP contribution >= 0.6 is 0 Å². The van der Waals surface area contributed by atoms with Crippen molar-refractivity contribution in [3.05, 3.63) is 90.9 Å². The number of benzene rings is 3. The Hall–Kier alpha value is -4.81. The highest BCUT2D eigenvalue weighted by Gasteiger charge is 2.16. The van der Waals surface area contributed by atoms with Gasteiger partial charge in [-0.1, -0.05) is 24.3 Å². The van der Waals surface area contributed by atoms with Gasteiger partial charge in [-0.25, -0.2) is 32.7 Å². The van der Waals surface area contributed by atoms with E-state index in [2.05, 4.69) is 35.3 Å². The van der Waals surface area contributed by atoms with Gasteiger partial charge >= 0.3 is 0 Å². The van der Waals surface area contributed by atoms with Crippen LogP contribution in [0.2, 0.25) is 0 Å². The molecule has 6 rings (SSSR count). The molecule has 12 heteroatoms. The summed E-state index contributed by atoms with van der Waals surface area (Å²) in [6.45, 7) is 0. The van der Waals surface area contributed by atoms with Crippen LogP contribution in [0.5, 0.6) is 0 Å². The average molecular weight is 526 g/mol. The number of hydrogen-bond donors (Lipinski definition) is 4. The van der Waals surface area contributed by atoms with Crippen LogP contribution in [0.4, 0.5) is 23.3 Å². The molecule has 3 heterocycles. The van der Waals surface area contributed by atoms with Gasteiger partial charge in [0.05, 0.1) is 16.8 Å². The number of H-pyrrole nitrogens is 1. The topological polar surface area (TPSA) is 143 Å². The molecule has 11 nitrogen and oxygen atoms in total. The summed E-state index contributed by atoms with van der Waals surface area (Å²) >= 11 is 0. The average Bonchev–Trinajstić information content (AvgIpc) is 3.53. The molecule has 0 atom stereocenters. The highest BCUT2D eigenvalue weighted by atomic mass is 32.2. The summed E-state index contributed by atoms with van der Waals surface area (Å²) in [6, 6.07) is 22.9. The van der Waals surface area contributed by atoms with Gasteiger partial charge in [-0.15, -0.1) is 0 Å². The van der Waals surface area contributed by atoms with Crippen molar-refractivity contribution in [3.63, 3.8) is 0 Å². The van der Waals surface area contributed by atoms with Crippen LogP contribution < -0.4 is 15.4 Å². The van der Waals surface area contributed by atoms with E-state index in [-0.39, 0.29) is 5.75 Å². The lowest BCUT2D eigenvalue weighted by atomic mass is 10.2. The Morgan fingerprint density at radius 1 is 0.895 bits per heavy atom. The first kappa shape index (κ1) is 23.6. The van der Waals surface area contributed by atoms with Crippen molar-refractivity contribution in [2.75, 3.05) is 17.7 Å². The Kier molecular flexibility index (Phi) is 5.94. The second-order valence-electron chi connectivity index (χ2n) is 8.56. The van der Waals surface area contributed by atoms with Gasteiger partial charge in [0.2, 0.25) is 27.9 Å². The number of hydrogen-bond acceptors (Lipinski definition) is 8. The lowest BCUT2D eigenvalue weighted by Gasteiger charge is -2.11.